The van der Waals surface area contributed by atoms with Gasteiger partial charge in [-0.05, 0) is 24.4 Å². The lowest BCUT2D eigenvalue weighted by Crippen LogP contribution is -2.30. The smallest absolute Gasteiger partial charge is 0.244 e. The molecular formula is C21H19N3OS. The number of benzene rings is 2. The number of carbonyl (C=O) groups excluding carboxylic acids is 1. The van der Waals surface area contributed by atoms with Gasteiger partial charge >= 0.3 is 0 Å². The maximum absolute atomic E-state index is 12.7. The van der Waals surface area contributed by atoms with Crippen molar-refractivity contribution in [3.8, 4) is 11.3 Å². The van der Waals surface area contributed by atoms with E-state index in [0.717, 1.165) is 27.0 Å². The Hall–Kier alpha value is -2.92. The molecule has 4 nitrogen and oxygen atoms in total. The maximum Gasteiger partial charge on any atom is 0.244 e. The van der Waals surface area contributed by atoms with Crippen molar-refractivity contribution in [3.05, 3.63) is 77.0 Å². The van der Waals surface area contributed by atoms with Crippen LogP contribution < -0.4 is 5.32 Å². The predicted octanol–water partition coefficient (Wildman–Crippen LogP) is 4.64. The molecule has 4 rings (SSSR count). The molecule has 1 amide bonds. The van der Waals surface area contributed by atoms with Crippen molar-refractivity contribution >= 4 is 28.1 Å². The van der Waals surface area contributed by atoms with Gasteiger partial charge in [-0.3, -0.25) is 9.48 Å². The van der Waals surface area contributed by atoms with Crippen LogP contribution >= 0.6 is 11.3 Å². The van der Waals surface area contributed by atoms with E-state index in [0.29, 0.717) is 6.54 Å². The van der Waals surface area contributed by atoms with E-state index in [2.05, 4.69) is 11.4 Å². The van der Waals surface area contributed by atoms with Crippen LogP contribution in [0, 0.1) is 0 Å². The van der Waals surface area contributed by atoms with Gasteiger partial charge in [-0.15, -0.1) is 11.3 Å². The van der Waals surface area contributed by atoms with E-state index in [1.807, 2.05) is 77.6 Å². The van der Waals surface area contributed by atoms with Crippen LogP contribution in [0.2, 0.25) is 0 Å². The summed E-state index contributed by atoms with van der Waals surface area (Å²) in [6.45, 7) is 2.43. The molecule has 5 heteroatoms. The quantitative estimate of drug-likeness (QED) is 0.563. The molecule has 0 spiro atoms. The molecule has 0 aliphatic rings. The summed E-state index contributed by atoms with van der Waals surface area (Å²) in [6.07, 6.45) is 0. The largest absolute Gasteiger partial charge is 0.349 e. The predicted molar refractivity (Wildman–Crippen MR) is 106 cm³/mol. The summed E-state index contributed by atoms with van der Waals surface area (Å²) in [5.41, 5.74) is 2.91. The number of carbonyl (C=O) groups is 1. The summed E-state index contributed by atoms with van der Waals surface area (Å²) >= 11 is 1.64. The van der Waals surface area contributed by atoms with Crippen molar-refractivity contribution < 1.29 is 4.79 Å². The number of para-hydroxylation sites is 1. The normalized spacial score (nSPS) is 12.2. The van der Waals surface area contributed by atoms with Crippen molar-refractivity contribution in [2.45, 2.75) is 19.5 Å². The third-order valence-corrected chi connectivity index (χ3v) is 5.30. The molecule has 0 saturated heterocycles. The molecule has 0 saturated carbocycles. The van der Waals surface area contributed by atoms with E-state index in [-0.39, 0.29) is 5.91 Å². The van der Waals surface area contributed by atoms with Gasteiger partial charge < -0.3 is 5.32 Å². The molecule has 2 heterocycles. The lowest BCUT2D eigenvalue weighted by molar-refractivity contribution is -0.124. The second-order valence-corrected chi connectivity index (χ2v) is 7.18. The first-order chi connectivity index (χ1) is 12.7. The second kappa shape index (κ2) is 7.14. The topological polar surface area (TPSA) is 46.9 Å². The molecule has 2 aromatic carbocycles. The molecule has 0 aliphatic carbocycles. The minimum Gasteiger partial charge on any atom is -0.349 e. The van der Waals surface area contributed by atoms with Crippen LogP contribution in [0.1, 0.15) is 17.8 Å². The molecule has 1 N–H and O–H groups in total. The van der Waals surface area contributed by atoms with E-state index < -0.39 is 6.04 Å². The molecule has 4 aromatic rings. The number of rotatable bonds is 5. The Morgan fingerprint density at radius 3 is 2.62 bits per heavy atom. The highest BCUT2D eigenvalue weighted by molar-refractivity contribution is 7.09. The molecule has 0 aliphatic heterocycles. The zero-order valence-corrected chi connectivity index (χ0v) is 15.2. The van der Waals surface area contributed by atoms with Crippen LogP contribution in [0.4, 0.5) is 0 Å². The monoisotopic (exact) mass is 361 g/mol. The van der Waals surface area contributed by atoms with E-state index in [1.165, 1.54) is 0 Å². The lowest BCUT2D eigenvalue weighted by atomic mass is 10.1. The van der Waals surface area contributed by atoms with Crippen molar-refractivity contribution in [2.24, 2.45) is 0 Å². The average molecular weight is 361 g/mol. The van der Waals surface area contributed by atoms with Gasteiger partial charge in [-0.1, -0.05) is 54.6 Å². The number of fused-ring (bicyclic) bond motifs is 1. The van der Waals surface area contributed by atoms with E-state index >= 15 is 0 Å². The van der Waals surface area contributed by atoms with Crippen LogP contribution in [0.25, 0.3) is 22.2 Å². The van der Waals surface area contributed by atoms with Gasteiger partial charge in [-0.2, -0.15) is 5.10 Å². The van der Waals surface area contributed by atoms with Crippen LogP contribution in [0.15, 0.2) is 72.1 Å². The Bertz CT molecular complexity index is 1020. The SMILES string of the molecule is C[C@H](C(=O)NCc1cccs1)n1nc(-c2ccccc2)c2ccccc21. The summed E-state index contributed by atoms with van der Waals surface area (Å²) in [5.74, 6) is -0.0359. The molecule has 1 atom stereocenters. The second-order valence-electron chi connectivity index (χ2n) is 6.15. The third kappa shape index (κ3) is 3.13. The molecule has 0 fully saturated rings. The number of hydrogen-bond donors (Lipinski definition) is 1. The van der Waals surface area contributed by atoms with Crippen molar-refractivity contribution in [2.75, 3.05) is 0 Å². The molecular weight excluding hydrogens is 342 g/mol. The molecule has 0 radical (unpaired) electrons. The summed E-state index contributed by atoms with van der Waals surface area (Å²) in [4.78, 5) is 13.8. The van der Waals surface area contributed by atoms with Gasteiger partial charge in [0.15, 0.2) is 0 Å². The van der Waals surface area contributed by atoms with E-state index in [4.69, 9.17) is 5.10 Å². The van der Waals surface area contributed by atoms with Crippen molar-refractivity contribution in [1.29, 1.82) is 0 Å². The molecule has 26 heavy (non-hydrogen) atoms. The summed E-state index contributed by atoms with van der Waals surface area (Å²) < 4.78 is 1.82. The standard InChI is InChI=1S/C21H19N3OS/c1-15(21(25)22-14-17-10-7-13-26-17)24-19-12-6-5-11-18(19)20(23-24)16-8-3-2-4-9-16/h2-13,15H,14H2,1H3,(H,22,25)/t15-/m1/s1. The minimum absolute atomic E-state index is 0.0359. The number of aromatic nitrogens is 2. The first-order valence-electron chi connectivity index (χ1n) is 8.57. The highest BCUT2D eigenvalue weighted by Crippen LogP contribution is 2.29. The molecule has 0 bridgehead atoms. The van der Waals surface area contributed by atoms with Gasteiger partial charge in [0.1, 0.15) is 11.7 Å². The van der Waals surface area contributed by atoms with Gasteiger partial charge in [-0.25, -0.2) is 0 Å². The maximum atomic E-state index is 12.7. The van der Waals surface area contributed by atoms with Crippen molar-refractivity contribution in [3.63, 3.8) is 0 Å². The number of thiophene rings is 1. The Labute approximate surface area is 156 Å². The first-order valence-corrected chi connectivity index (χ1v) is 9.45. The van der Waals surface area contributed by atoms with Crippen LogP contribution in [-0.2, 0) is 11.3 Å². The fourth-order valence-corrected chi connectivity index (χ4v) is 3.68. The van der Waals surface area contributed by atoms with Gasteiger partial charge in [0.2, 0.25) is 5.91 Å². The summed E-state index contributed by atoms with van der Waals surface area (Å²) in [7, 11) is 0. The first kappa shape index (κ1) is 16.5. The van der Waals surface area contributed by atoms with Gasteiger partial charge in [0.25, 0.3) is 0 Å². The Kier molecular flexibility index (Phi) is 4.54. The Morgan fingerprint density at radius 1 is 1.08 bits per heavy atom. The highest BCUT2D eigenvalue weighted by Gasteiger charge is 2.20. The van der Waals surface area contributed by atoms with E-state index in [9.17, 15) is 4.79 Å². The van der Waals surface area contributed by atoms with Crippen molar-refractivity contribution in [1.82, 2.24) is 15.1 Å². The fraction of sp³-hybridized carbons (Fsp3) is 0.143. The van der Waals surface area contributed by atoms with Gasteiger partial charge in [0, 0.05) is 15.8 Å². The van der Waals surface area contributed by atoms with Gasteiger partial charge in [0.05, 0.1) is 12.1 Å². The molecule has 0 unspecified atom stereocenters. The number of nitrogens with one attached hydrogen (secondary N) is 1. The summed E-state index contributed by atoms with van der Waals surface area (Å²) in [6, 6.07) is 21.7. The molecule has 2 aromatic heterocycles. The summed E-state index contributed by atoms with van der Waals surface area (Å²) in [5, 5.41) is 10.9. The number of nitrogens with zero attached hydrogens (tertiary/aromatic N) is 2. The highest BCUT2D eigenvalue weighted by atomic mass is 32.1. The van der Waals surface area contributed by atoms with Crippen LogP contribution in [-0.4, -0.2) is 15.7 Å². The Balaban J connectivity index is 1.66. The van der Waals surface area contributed by atoms with E-state index in [1.54, 1.807) is 11.3 Å². The Morgan fingerprint density at radius 2 is 1.85 bits per heavy atom. The zero-order valence-electron chi connectivity index (χ0n) is 14.4. The third-order valence-electron chi connectivity index (χ3n) is 4.42. The lowest BCUT2D eigenvalue weighted by Gasteiger charge is -2.13. The zero-order chi connectivity index (χ0) is 17.9. The number of amides is 1. The average Bonchev–Trinajstić information content (AvgIpc) is 3.34. The number of hydrogen-bond acceptors (Lipinski definition) is 3. The van der Waals surface area contributed by atoms with Crippen LogP contribution in [0.5, 0.6) is 0 Å². The fourth-order valence-electron chi connectivity index (χ4n) is 3.04. The van der Waals surface area contributed by atoms with Crippen LogP contribution in [0.3, 0.4) is 0 Å². The minimum atomic E-state index is -0.391. The molecule has 130 valence electrons.